The standard InChI is InChI=1S/C20H18BrN3O3/c1-4-9-23-19(26)17(18(25)22-20(23)27)11-14-10-12(2)24(13(14)3)16-7-5-15(21)6-8-16/h4-8,10-11H,1,9H2,2-3H3,(H,22,25,27)/b17-11-. The number of amides is 4. The molecule has 1 aliphatic heterocycles. The molecule has 1 aromatic carbocycles. The van der Waals surface area contributed by atoms with E-state index in [1.807, 2.05) is 48.7 Å². The molecule has 0 unspecified atom stereocenters. The van der Waals surface area contributed by atoms with E-state index < -0.39 is 17.8 Å². The molecule has 6 nitrogen and oxygen atoms in total. The minimum Gasteiger partial charge on any atom is -0.318 e. The van der Waals surface area contributed by atoms with E-state index in [2.05, 4.69) is 27.8 Å². The first-order valence-electron chi connectivity index (χ1n) is 8.28. The first-order chi connectivity index (χ1) is 12.8. The summed E-state index contributed by atoms with van der Waals surface area (Å²) < 4.78 is 3.02. The van der Waals surface area contributed by atoms with Crippen molar-refractivity contribution in [1.29, 1.82) is 0 Å². The van der Waals surface area contributed by atoms with Crippen LogP contribution in [-0.2, 0) is 9.59 Å². The molecule has 1 N–H and O–H groups in total. The van der Waals surface area contributed by atoms with Crippen LogP contribution < -0.4 is 5.32 Å². The number of benzene rings is 1. The van der Waals surface area contributed by atoms with Gasteiger partial charge in [-0.15, -0.1) is 6.58 Å². The molecule has 3 rings (SSSR count). The highest BCUT2D eigenvalue weighted by Crippen LogP contribution is 2.25. The van der Waals surface area contributed by atoms with E-state index in [4.69, 9.17) is 0 Å². The second-order valence-corrected chi connectivity index (χ2v) is 7.08. The van der Waals surface area contributed by atoms with E-state index in [0.29, 0.717) is 0 Å². The average molecular weight is 428 g/mol. The molecule has 0 radical (unpaired) electrons. The zero-order valence-corrected chi connectivity index (χ0v) is 16.5. The number of nitrogens with one attached hydrogen (secondary N) is 1. The number of carbonyl (C=O) groups is 3. The second-order valence-electron chi connectivity index (χ2n) is 6.16. The smallest absolute Gasteiger partial charge is 0.318 e. The Bertz CT molecular complexity index is 987. The van der Waals surface area contributed by atoms with Gasteiger partial charge in [0.25, 0.3) is 11.8 Å². The number of nitrogens with zero attached hydrogens (tertiary/aromatic N) is 2. The molecule has 0 atom stereocenters. The molecule has 1 aromatic heterocycles. The molecule has 138 valence electrons. The zero-order chi connectivity index (χ0) is 19.7. The number of halogens is 1. The van der Waals surface area contributed by atoms with Gasteiger partial charge in [0.1, 0.15) is 5.57 Å². The summed E-state index contributed by atoms with van der Waals surface area (Å²) in [6.07, 6.45) is 2.96. The predicted molar refractivity (Wildman–Crippen MR) is 106 cm³/mol. The van der Waals surface area contributed by atoms with Crippen LogP contribution in [0.4, 0.5) is 4.79 Å². The van der Waals surface area contributed by atoms with Gasteiger partial charge in [0.2, 0.25) is 0 Å². The molecule has 2 aromatic rings. The number of urea groups is 1. The molecule has 0 bridgehead atoms. The molecule has 1 fully saturated rings. The summed E-state index contributed by atoms with van der Waals surface area (Å²) in [6, 6.07) is 9.02. The third-order valence-electron chi connectivity index (χ3n) is 4.35. The number of hydrogen-bond donors (Lipinski definition) is 1. The predicted octanol–water partition coefficient (Wildman–Crippen LogP) is 3.50. The van der Waals surface area contributed by atoms with Gasteiger partial charge >= 0.3 is 6.03 Å². The van der Waals surface area contributed by atoms with Crippen LogP contribution in [0.2, 0.25) is 0 Å². The Morgan fingerprint density at radius 2 is 1.81 bits per heavy atom. The van der Waals surface area contributed by atoms with Crippen molar-refractivity contribution in [2.45, 2.75) is 13.8 Å². The maximum absolute atomic E-state index is 12.6. The monoisotopic (exact) mass is 427 g/mol. The lowest BCUT2D eigenvalue weighted by atomic mass is 10.1. The van der Waals surface area contributed by atoms with E-state index in [1.54, 1.807) is 0 Å². The van der Waals surface area contributed by atoms with Crippen LogP contribution in [0, 0.1) is 13.8 Å². The van der Waals surface area contributed by atoms with Crippen LogP contribution in [0.5, 0.6) is 0 Å². The first kappa shape index (κ1) is 18.8. The molecule has 1 saturated heterocycles. The van der Waals surface area contributed by atoms with E-state index in [1.165, 1.54) is 12.2 Å². The van der Waals surface area contributed by atoms with Gasteiger partial charge in [0, 0.05) is 28.1 Å². The van der Waals surface area contributed by atoms with Crippen molar-refractivity contribution >= 4 is 39.9 Å². The van der Waals surface area contributed by atoms with Crippen molar-refractivity contribution in [2.24, 2.45) is 0 Å². The van der Waals surface area contributed by atoms with Crippen molar-refractivity contribution in [3.05, 3.63) is 70.0 Å². The lowest BCUT2D eigenvalue weighted by Gasteiger charge is -2.25. The van der Waals surface area contributed by atoms with Gasteiger partial charge in [-0.3, -0.25) is 19.8 Å². The fourth-order valence-electron chi connectivity index (χ4n) is 3.07. The highest BCUT2D eigenvalue weighted by Gasteiger charge is 2.35. The maximum Gasteiger partial charge on any atom is 0.331 e. The summed E-state index contributed by atoms with van der Waals surface area (Å²) in [7, 11) is 0. The third kappa shape index (κ3) is 3.50. The maximum atomic E-state index is 12.6. The van der Waals surface area contributed by atoms with Gasteiger partial charge in [-0.25, -0.2) is 4.79 Å². The van der Waals surface area contributed by atoms with Crippen molar-refractivity contribution in [1.82, 2.24) is 14.8 Å². The highest BCUT2D eigenvalue weighted by molar-refractivity contribution is 9.10. The Kier molecular flexibility index (Phi) is 5.14. The highest BCUT2D eigenvalue weighted by atomic mass is 79.9. The molecular weight excluding hydrogens is 410 g/mol. The van der Waals surface area contributed by atoms with Crippen molar-refractivity contribution in [2.75, 3.05) is 6.54 Å². The summed E-state index contributed by atoms with van der Waals surface area (Å²) in [5.74, 6) is -1.32. The van der Waals surface area contributed by atoms with Crippen LogP contribution in [0.15, 0.2) is 53.0 Å². The SMILES string of the molecule is C=CCN1C(=O)NC(=O)/C(=C/c2cc(C)n(-c3ccc(Br)cc3)c2C)C1=O. The summed E-state index contributed by atoms with van der Waals surface area (Å²) >= 11 is 3.42. The van der Waals surface area contributed by atoms with Crippen LogP contribution in [-0.4, -0.2) is 33.9 Å². The van der Waals surface area contributed by atoms with Gasteiger partial charge < -0.3 is 4.57 Å². The van der Waals surface area contributed by atoms with Crippen LogP contribution in [0.3, 0.4) is 0 Å². The molecule has 0 spiro atoms. The Balaban J connectivity index is 2.04. The number of hydrogen-bond acceptors (Lipinski definition) is 3. The van der Waals surface area contributed by atoms with Gasteiger partial charge in [0.15, 0.2) is 0 Å². The molecule has 0 saturated carbocycles. The molecule has 4 amide bonds. The topological polar surface area (TPSA) is 71.4 Å². The quantitative estimate of drug-likeness (QED) is 0.460. The number of carbonyl (C=O) groups excluding carboxylic acids is 3. The summed E-state index contributed by atoms with van der Waals surface area (Å²) in [4.78, 5) is 37.5. The Hall–Kier alpha value is -2.93. The molecule has 1 aliphatic rings. The van der Waals surface area contributed by atoms with Gasteiger partial charge in [-0.05, 0) is 55.8 Å². The van der Waals surface area contributed by atoms with E-state index in [0.717, 1.165) is 32.0 Å². The zero-order valence-electron chi connectivity index (χ0n) is 15.0. The number of aryl methyl sites for hydroxylation is 1. The largest absolute Gasteiger partial charge is 0.331 e. The molecule has 0 aliphatic carbocycles. The fourth-order valence-corrected chi connectivity index (χ4v) is 3.33. The lowest BCUT2D eigenvalue weighted by Crippen LogP contribution is -2.54. The lowest BCUT2D eigenvalue weighted by molar-refractivity contribution is -0.129. The number of imide groups is 2. The molecular formula is C20H18BrN3O3. The average Bonchev–Trinajstić information content (AvgIpc) is 2.90. The Labute approximate surface area is 165 Å². The molecule has 7 heteroatoms. The van der Waals surface area contributed by atoms with E-state index in [9.17, 15) is 14.4 Å². The minimum atomic E-state index is -0.734. The first-order valence-corrected chi connectivity index (χ1v) is 9.07. The van der Waals surface area contributed by atoms with Gasteiger partial charge in [-0.2, -0.15) is 0 Å². The van der Waals surface area contributed by atoms with Crippen molar-refractivity contribution in [3.8, 4) is 5.69 Å². The fraction of sp³-hybridized carbons (Fsp3) is 0.150. The number of aromatic nitrogens is 1. The summed E-state index contributed by atoms with van der Waals surface area (Å²) in [5.41, 5.74) is 3.48. The number of barbiturate groups is 1. The van der Waals surface area contributed by atoms with E-state index in [-0.39, 0.29) is 12.1 Å². The third-order valence-corrected chi connectivity index (χ3v) is 4.88. The summed E-state index contributed by atoms with van der Waals surface area (Å²) in [5, 5.41) is 2.19. The van der Waals surface area contributed by atoms with Crippen LogP contribution in [0.1, 0.15) is 17.0 Å². The normalized spacial score (nSPS) is 16.0. The van der Waals surface area contributed by atoms with Crippen LogP contribution >= 0.6 is 15.9 Å². The van der Waals surface area contributed by atoms with Crippen LogP contribution in [0.25, 0.3) is 11.8 Å². The Morgan fingerprint density at radius 3 is 2.44 bits per heavy atom. The second kappa shape index (κ2) is 7.36. The minimum absolute atomic E-state index is 0.0349. The van der Waals surface area contributed by atoms with E-state index >= 15 is 0 Å². The molecule has 2 heterocycles. The van der Waals surface area contributed by atoms with Crippen molar-refractivity contribution < 1.29 is 14.4 Å². The summed E-state index contributed by atoms with van der Waals surface area (Å²) in [6.45, 7) is 7.44. The number of rotatable bonds is 4. The molecule has 27 heavy (non-hydrogen) atoms. The van der Waals surface area contributed by atoms with Gasteiger partial charge in [0.05, 0.1) is 0 Å². The van der Waals surface area contributed by atoms with Crippen molar-refractivity contribution in [3.63, 3.8) is 0 Å². The Morgan fingerprint density at radius 1 is 1.15 bits per heavy atom. The van der Waals surface area contributed by atoms with Gasteiger partial charge in [-0.1, -0.05) is 22.0 Å².